The summed E-state index contributed by atoms with van der Waals surface area (Å²) in [7, 11) is 0. The Hall–Kier alpha value is -0.260. The fraction of sp³-hybridized carbons (Fsp3) is 0.929. The van der Waals surface area contributed by atoms with Crippen LogP contribution in [-0.2, 0) is 14.3 Å². The molecule has 1 atom stereocenters. The van der Waals surface area contributed by atoms with Crippen LogP contribution in [0.5, 0.6) is 0 Å². The van der Waals surface area contributed by atoms with E-state index in [0.29, 0.717) is 11.9 Å². The topological polar surface area (TPSA) is 47.6 Å². The van der Waals surface area contributed by atoms with Gasteiger partial charge in [-0.25, -0.2) is 0 Å². The maximum absolute atomic E-state index is 12.1. The summed E-state index contributed by atoms with van der Waals surface area (Å²) < 4.78 is 10.3. The van der Waals surface area contributed by atoms with E-state index in [1.807, 2.05) is 25.6 Å². The van der Waals surface area contributed by atoms with Crippen molar-refractivity contribution in [1.82, 2.24) is 5.32 Å². The Labute approximate surface area is 121 Å². The molecule has 0 amide bonds. The van der Waals surface area contributed by atoms with Gasteiger partial charge in [0.15, 0.2) is 0 Å². The predicted molar refractivity (Wildman–Crippen MR) is 79.6 cm³/mol. The lowest BCUT2D eigenvalue weighted by atomic mass is 9.95. The zero-order valence-electron chi connectivity index (χ0n) is 12.5. The van der Waals surface area contributed by atoms with Crippen LogP contribution in [-0.4, -0.2) is 48.4 Å². The number of thioether (sulfide) groups is 1. The minimum absolute atomic E-state index is 0.138. The van der Waals surface area contributed by atoms with E-state index in [0.717, 1.165) is 31.8 Å². The van der Waals surface area contributed by atoms with Crippen molar-refractivity contribution in [2.45, 2.75) is 57.4 Å². The third kappa shape index (κ3) is 5.71. The first-order valence-electron chi connectivity index (χ1n) is 7.12. The van der Waals surface area contributed by atoms with Gasteiger partial charge in [0.2, 0.25) is 0 Å². The molecule has 4 nitrogen and oxygen atoms in total. The average molecular weight is 289 g/mol. The summed E-state index contributed by atoms with van der Waals surface area (Å²) in [5.41, 5.74) is -0.569. The SMILES string of the molecule is CCOC(=O)C(C)(CCCSC1COC1)NC(C)C. The number of carbonyl (C=O) groups is 1. The van der Waals surface area contributed by atoms with E-state index < -0.39 is 5.54 Å². The molecule has 1 fully saturated rings. The smallest absolute Gasteiger partial charge is 0.326 e. The second-order valence-corrected chi connectivity index (χ2v) is 6.89. The minimum atomic E-state index is -0.569. The molecule has 0 aromatic rings. The van der Waals surface area contributed by atoms with E-state index >= 15 is 0 Å². The molecule has 1 aliphatic rings. The number of rotatable bonds is 9. The first-order valence-corrected chi connectivity index (χ1v) is 8.17. The standard InChI is InChI=1S/C14H27NO3S/c1-5-18-13(16)14(4,15-11(2)3)7-6-8-19-12-9-17-10-12/h11-12,15H,5-10H2,1-4H3. The van der Waals surface area contributed by atoms with Gasteiger partial charge in [0.25, 0.3) is 0 Å². The van der Waals surface area contributed by atoms with E-state index in [-0.39, 0.29) is 12.0 Å². The molecule has 0 radical (unpaired) electrons. The first kappa shape index (κ1) is 16.8. The van der Waals surface area contributed by atoms with Gasteiger partial charge in [-0.1, -0.05) is 0 Å². The van der Waals surface area contributed by atoms with Crippen LogP contribution < -0.4 is 5.32 Å². The van der Waals surface area contributed by atoms with Crippen LogP contribution in [0, 0.1) is 0 Å². The average Bonchev–Trinajstić information content (AvgIpc) is 2.25. The van der Waals surface area contributed by atoms with E-state index in [4.69, 9.17) is 9.47 Å². The second kappa shape index (κ2) is 8.12. The second-order valence-electron chi connectivity index (χ2n) is 5.49. The molecule has 0 aromatic heterocycles. The lowest BCUT2D eigenvalue weighted by Crippen LogP contribution is -2.53. The van der Waals surface area contributed by atoms with Crippen LogP contribution in [0.2, 0.25) is 0 Å². The van der Waals surface area contributed by atoms with Gasteiger partial charge in [-0.3, -0.25) is 10.1 Å². The molecule has 19 heavy (non-hydrogen) atoms. The van der Waals surface area contributed by atoms with Crippen molar-refractivity contribution in [3.05, 3.63) is 0 Å². The van der Waals surface area contributed by atoms with Gasteiger partial charge in [0.05, 0.1) is 25.1 Å². The van der Waals surface area contributed by atoms with Crippen LogP contribution in [0.25, 0.3) is 0 Å². The van der Waals surface area contributed by atoms with Crippen LogP contribution in [0.15, 0.2) is 0 Å². The lowest BCUT2D eigenvalue weighted by Gasteiger charge is -2.31. The third-order valence-corrected chi connectivity index (χ3v) is 4.38. The van der Waals surface area contributed by atoms with Gasteiger partial charge < -0.3 is 9.47 Å². The maximum Gasteiger partial charge on any atom is 0.326 e. The zero-order chi connectivity index (χ0) is 14.3. The predicted octanol–water partition coefficient (Wildman–Crippen LogP) is 2.22. The zero-order valence-corrected chi connectivity index (χ0v) is 13.3. The minimum Gasteiger partial charge on any atom is -0.465 e. The van der Waals surface area contributed by atoms with E-state index in [2.05, 4.69) is 19.2 Å². The number of carbonyl (C=O) groups excluding carboxylic acids is 1. The summed E-state index contributed by atoms with van der Waals surface area (Å²) >= 11 is 1.94. The fourth-order valence-electron chi connectivity index (χ4n) is 2.15. The van der Waals surface area contributed by atoms with E-state index in [1.165, 1.54) is 0 Å². The number of hydrogen-bond donors (Lipinski definition) is 1. The maximum atomic E-state index is 12.1. The van der Waals surface area contributed by atoms with Crippen molar-refractivity contribution in [3.63, 3.8) is 0 Å². The van der Waals surface area contributed by atoms with Crippen LogP contribution in [0.3, 0.4) is 0 Å². The molecular formula is C14H27NO3S. The van der Waals surface area contributed by atoms with Crippen molar-refractivity contribution >= 4 is 17.7 Å². The Morgan fingerprint density at radius 2 is 2.21 bits per heavy atom. The number of esters is 1. The highest BCUT2D eigenvalue weighted by atomic mass is 32.2. The molecule has 1 rings (SSSR count). The largest absolute Gasteiger partial charge is 0.465 e. The first-order chi connectivity index (χ1) is 8.98. The van der Waals surface area contributed by atoms with Crippen molar-refractivity contribution in [2.75, 3.05) is 25.6 Å². The van der Waals surface area contributed by atoms with Gasteiger partial charge in [-0.05, 0) is 46.3 Å². The highest BCUT2D eigenvalue weighted by Crippen LogP contribution is 2.23. The molecule has 1 unspecified atom stereocenters. The number of ether oxygens (including phenoxy) is 2. The lowest BCUT2D eigenvalue weighted by molar-refractivity contribution is -0.151. The Morgan fingerprint density at radius 3 is 2.68 bits per heavy atom. The molecule has 0 spiro atoms. The molecule has 0 aromatic carbocycles. The normalized spacial score (nSPS) is 19.0. The molecular weight excluding hydrogens is 262 g/mol. The van der Waals surface area contributed by atoms with Gasteiger partial charge in [-0.15, -0.1) is 0 Å². The van der Waals surface area contributed by atoms with Crippen LogP contribution in [0.4, 0.5) is 0 Å². The monoisotopic (exact) mass is 289 g/mol. The Kier molecular flexibility index (Phi) is 7.18. The summed E-state index contributed by atoms with van der Waals surface area (Å²) in [6.07, 6.45) is 1.82. The quantitative estimate of drug-likeness (QED) is 0.521. The molecule has 5 heteroatoms. The molecule has 0 aliphatic carbocycles. The summed E-state index contributed by atoms with van der Waals surface area (Å²) in [5.74, 6) is 0.934. The highest BCUT2D eigenvalue weighted by Gasteiger charge is 2.34. The fourth-order valence-corrected chi connectivity index (χ4v) is 3.18. The van der Waals surface area contributed by atoms with Crippen molar-refractivity contribution < 1.29 is 14.3 Å². The molecule has 0 saturated carbocycles. The summed E-state index contributed by atoms with van der Waals surface area (Å²) in [6.45, 7) is 10.1. The molecule has 1 N–H and O–H groups in total. The van der Waals surface area contributed by atoms with E-state index in [9.17, 15) is 4.79 Å². The highest BCUT2D eigenvalue weighted by molar-refractivity contribution is 8.00. The molecule has 1 saturated heterocycles. The van der Waals surface area contributed by atoms with Gasteiger partial charge >= 0.3 is 5.97 Å². The third-order valence-electron chi connectivity index (χ3n) is 3.12. The van der Waals surface area contributed by atoms with E-state index in [1.54, 1.807) is 0 Å². The Bertz CT molecular complexity index is 282. The molecule has 1 heterocycles. The van der Waals surface area contributed by atoms with Crippen molar-refractivity contribution in [3.8, 4) is 0 Å². The Morgan fingerprint density at radius 1 is 1.53 bits per heavy atom. The number of nitrogens with one attached hydrogen (secondary N) is 1. The van der Waals surface area contributed by atoms with Gasteiger partial charge in [0, 0.05) is 6.04 Å². The van der Waals surface area contributed by atoms with Gasteiger partial charge in [0.1, 0.15) is 5.54 Å². The van der Waals surface area contributed by atoms with Crippen molar-refractivity contribution in [2.24, 2.45) is 0 Å². The molecule has 112 valence electrons. The summed E-state index contributed by atoms with van der Waals surface area (Å²) in [5, 5.41) is 4.01. The Balaban J connectivity index is 2.36. The van der Waals surface area contributed by atoms with Crippen molar-refractivity contribution in [1.29, 1.82) is 0 Å². The molecule has 1 aliphatic heterocycles. The van der Waals surface area contributed by atoms with Crippen LogP contribution in [0.1, 0.15) is 40.5 Å². The summed E-state index contributed by atoms with van der Waals surface area (Å²) in [4.78, 5) is 12.1. The van der Waals surface area contributed by atoms with Gasteiger partial charge in [-0.2, -0.15) is 11.8 Å². The number of hydrogen-bond acceptors (Lipinski definition) is 5. The summed E-state index contributed by atoms with van der Waals surface area (Å²) in [6, 6.07) is 0.266. The van der Waals surface area contributed by atoms with Crippen LogP contribution >= 0.6 is 11.8 Å². The molecule has 0 bridgehead atoms.